The Kier molecular flexibility index (Phi) is 6.21. The van der Waals surface area contributed by atoms with E-state index in [0.717, 1.165) is 25.3 Å². The van der Waals surface area contributed by atoms with Crippen molar-refractivity contribution >= 4 is 38.9 Å². The molecule has 1 fully saturated rings. The highest BCUT2D eigenvalue weighted by molar-refractivity contribution is 7.89. The average Bonchev–Trinajstić information content (AvgIpc) is 2.70. The lowest BCUT2D eigenvalue weighted by atomic mass is 10.1. The van der Waals surface area contributed by atoms with E-state index in [1.807, 2.05) is 0 Å². The van der Waals surface area contributed by atoms with E-state index in [-0.39, 0.29) is 26.9 Å². The highest BCUT2D eigenvalue weighted by Crippen LogP contribution is 2.28. The number of benzene rings is 2. The first-order valence-corrected chi connectivity index (χ1v) is 10.9. The Morgan fingerprint density at radius 1 is 1.14 bits per heavy atom. The smallest absolute Gasteiger partial charge is 0.289 e. The molecule has 0 atom stereocenters. The number of aryl methyl sites for hydroxylation is 1. The Hall–Kier alpha value is -2.49. The van der Waals surface area contributed by atoms with Crippen LogP contribution >= 0.6 is 11.6 Å². The lowest BCUT2D eigenvalue weighted by Crippen LogP contribution is -2.35. The van der Waals surface area contributed by atoms with Gasteiger partial charge >= 0.3 is 0 Å². The van der Waals surface area contributed by atoms with Crippen LogP contribution in [0, 0.1) is 17.0 Å². The van der Waals surface area contributed by atoms with Crippen LogP contribution in [0.25, 0.3) is 0 Å². The molecular formula is C19H20ClN3O5S. The molecule has 0 aromatic heterocycles. The molecule has 3 rings (SSSR count). The summed E-state index contributed by atoms with van der Waals surface area (Å²) in [5, 5.41) is 13.6. The molecule has 1 saturated heterocycles. The first-order valence-electron chi connectivity index (χ1n) is 9.06. The van der Waals surface area contributed by atoms with Crippen molar-refractivity contribution in [1.29, 1.82) is 0 Å². The molecule has 10 heteroatoms. The molecule has 0 aliphatic carbocycles. The van der Waals surface area contributed by atoms with E-state index >= 15 is 0 Å². The van der Waals surface area contributed by atoms with E-state index in [4.69, 9.17) is 11.6 Å². The molecule has 29 heavy (non-hydrogen) atoms. The summed E-state index contributed by atoms with van der Waals surface area (Å²) in [6.45, 7) is 2.62. The van der Waals surface area contributed by atoms with E-state index < -0.39 is 20.9 Å². The van der Waals surface area contributed by atoms with Crippen LogP contribution in [0.1, 0.15) is 35.2 Å². The van der Waals surface area contributed by atoms with Crippen molar-refractivity contribution in [1.82, 2.24) is 4.31 Å². The van der Waals surface area contributed by atoms with E-state index in [1.54, 1.807) is 13.0 Å². The number of rotatable bonds is 5. The third-order valence-electron chi connectivity index (χ3n) is 4.81. The van der Waals surface area contributed by atoms with Gasteiger partial charge in [0.05, 0.1) is 9.82 Å². The molecule has 0 bridgehead atoms. The maximum Gasteiger partial charge on any atom is 0.289 e. The molecule has 0 unspecified atom stereocenters. The minimum Gasteiger partial charge on any atom is -0.322 e. The van der Waals surface area contributed by atoms with Crippen molar-refractivity contribution in [3.63, 3.8) is 0 Å². The number of halogens is 1. The van der Waals surface area contributed by atoms with Gasteiger partial charge in [-0.25, -0.2) is 8.42 Å². The van der Waals surface area contributed by atoms with Crippen LogP contribution in [-0.2, 0) is 10.0 Å². The number of nitrogens with zero attached hydrogens (tertiary/aromatic N) is 2. The van der Waals surface area contributed by atoms with Crippen molar-refractivity contribution < 1.29 is 18.1 Å². The van der Waals surface area contributed by atoms with E-state index in [1.165, 1.54) is 28.6 Å². The SMILES string of the molecule is Cc1ccc(S(=O)(=O)N2CCCCC2)cc1C(=O)Nc1ccc(Cl)c([N+](=O)[O-])c1. The molecule has 154 valence electrons. The van der Waals surface area contributed by atoms with Gasteiger partial charge in [0, 0.05) is 30.4 Å². The zero-order valence-electron chi connectivity index (χ0n) is 15.7. The lowest BCUT2D eigenvalue weighted by molar-refractivity contribution is -0.384. The zero-order chi connectivity index (χ0) is 21.2. The normalized spacial score (nSPS) is 15.1. The number of amides is 1. The molecule has 2 aromatic carbocycles. The van der Waals surface area contributed by atoms with Crippen LogP contribution in [0.15, 0.2) is 41.3 Å². The van der Waals surface area contributed by atoms with Gasteiger partial charge in [0.25, 0.3) is 11.6 Å². The number of piperidine rings is 1. The molecule has 1 aliphatic heterocycles. The van der Waals surface area contributed by atoms with Crippen LogP contribution in [0.5, 0.6) is 0 Å². The van der Waals surface area contributed by atoms with Crippen LogP contribution in [0.2, 0.25) is 5.02 Å². The molecule has 1 N–H and O–H groups in total. The van der Waals surface area contributed by atoms with Crippen LogP contribution in [0.4, 0.5) is 11.4 Å². The van der Waals surface area contributed by atoms with Gasteiger partial charge in [0.1, 0.15) is 5.02 Å². The molecule has 1 aliphatic rings. The molecule has 2 aromatic rings. The lowest BCUT2D eigenvalue weighted by Gasteiger charge is -2.26. The van der Waals surface area contributed by atoms with Crippen LogP contribution in [0.3, 0.4) is 0 Å². The fraction of sp³-hybridized carbons (Fsp3) is 0.316. The fourth-order valence-corrected chi connectivity index (χ4v) is 4.92. The van der Waals surface area contributed by atoms with E-state index in [9.17, 15) is 23.3 Å². The summed E-state index contributed by atoms with van der Waals surface area (Å²) in [7, 11) is -3.68. The monoisotopic (exact) mass is 437 g/mol. The number of sulfonamides is 1. The van der Waals surface area contributed by atoms with Crippen molar-refractivity contribution in [2.24, 2.45) is 0 Å². The minimum atomic E-state index is -3.68. The van der Waals surface area contributed by atoms with Gasteiger partial charge < -0.3 is 5.32 Å². The van der Waals surface area contributed by atoms with Crippen molar-refractivity contribution in [3.8, 4) is 0 Å². The third kappa shape index (κ3) is 4.58. The van der Waals surface area contributed by atoms with Gasteiger partial charge in [-0.3, -0.25) is 14.9 Å². The van der Waals surface area contributed by atoms with Crippen molar-refractivity contribution in [2.45, 2.75) is 31.1 Å². The first-order chi connectivity index (χ1) is 13.7. The zero-order valence-corrected chi connectivity index (χ0v) is 17.3. The summed E-state index contributed by atoms with van der Waals surface area (Å²) in [6, 6.07) is 8.33. The van der Waals surface area contributed by atoms with Crippen molar-refractivity contribution in [3.05, 3.63) is 62.7 Å². The molecule has 0 saturated carbocycles. The van der Waals surface area contributed by atoms with Crippen molar-refractivity contribution in [2.75, 3.05) is 18.4 Å². The number of carbonyl (C=O) groups is 1. The number of hydrogen-bond donors (Lipinski definition) is 1. The predicted octanol–water partition coefficient (Wildman–Crippen LogP) is 3.98. The maximum absolute atomic E-state index is 12.9. The van der Waals surface area contributed by atoms with Gasteiger partial charge in [-0.2, -0.15) is 4.31 Å². The summed E-state index contributed by atoms with van der Waals surface area (Å²) in [6.07, 6.45) is 2.63. The highest BCUT2D eigenvalue weighted by atomic mass is 35.5. The quantitative estimate of drug-likeness (QED) is 0.561. The summed E-state index contributed by atoms with van der Waals surface area (Å²) in [4.78, 5) is 23.2. The molecule has 0 spiro atoms. The topological polar surface area (TPSA) is 110 Å². The third-order valence-corrected chi connectivity index (χ3v) is 7.02. The second-order valence-corrected chi connectivity index (χ2v) is 9.16. The second kappa shape index (κ2) is 8.48. The van der Waals surface area contributed by atoms with Gasteiger partial charge in [-0.1, -0.05) is 24.1 Å². The summed E-state index contributed by atoms with van der Waals surface area (Å²) < 4.78 is 27.2. The summed E-state index contributed by atoms with van der Waals surface area (Å²) >= 11 is 5.79. The first kappa shape index (κ1) is 21.2. The number of nitrogens with one attached hydrogen (secondary N) is 1. The number of carbonyl (C=O) groups excluding carboxylic acids is 1. The number of anilines is 1. The Labute approximate surface area is 173 Å². The molecular weight excluding hydrogens is 418 g/mol. The fourth-order valence-electron chi connectivity index (χ4n) is 3.19. The van der Waals surface area contributed by atoms with Gasteiger partial charge in [-0.15, -0.1) is 0 Å². The van der Waals surface area contributed by atoms with Gasteiger partial charge in [0.2, 0.25) is 10.0 Å². The van der Waals surface area contributed by atoms with E-state index in [0.29, 0.717) is 18.7 Å². The van der Waals surface area contributed by atoms with Crippen LogP contribution < -0.4 is 5.32 Å². The van der Waals surface area contributed by atoms with E-state index in [2.05, 4.69) is 5.32 Å². The molecule has 1 amide bonds. The largest absolute Gasteiger partial charge is 0.322 e. The number of hydrogen-bond acceptors (Lipinski definition) is 5. The second-order valence-electron chi connectivity index (χ2n) is 6.82. The molecule has 1 heterocycles. The Bertz CT molecular complexity index is 1070. The highest BCUT2D eigenvalue weighted by Gasteiger charge is 2.27. The van der Waals surface area contributed by atoms with Gasteiger partial charge in [-0.05, 0) is 49.6 Å². The Morgan fingerprint density at radius 2 is 1.83 bits per heavy atom. The Morgan fingerprint density at radius 3 is 2.48 bits per heavy atom. The number of nitro groups is 1. The molecule has 8 nitrogen and oxygen atoms in total. The predicted molar refractivity (Wildman–Crippen MR) is 110 cm³/mol. The summed E-state index contributed by atoms with van der Waals surface area (Å²) in [5.74, 6) is -0.560. The Balaban J connectivity index is 1.89. The minimum absolute atomic E-state index is 0.0428. The average molecular weight is 438 g/mol. The maximum atomic E-state index is 12.9. The van der Waals surface area contributed by atoms with Crippen LogP contribution in [-0.4, -0.2) is 36.6 Å². The standard InChI is InChI=1S/C19H20ClN3O5S/c1-13-5-7-15(29(27,28)22-9-3-2-4-10-22)12-16(13)19(24)21-14-6-8-17(20)18(11-14)23(25)26/h5-8,11-12H,2-4,9-10H2,1H3,(H,21,24). The molecule has 0 radical (unpaired) electrons. The van der Waals surface area contributed by atoms with Gasteiger partial charge in [0.15, 0.2) is 0 Å². The number of nitro benzene ring substituents is 1. The summed E-state index contributed by atoms with van der Waals surface area (Å²) in [5.41, 5.74) is 0.627.